The minimum atomic E-state index is 0.244. The Balaban J connectivity index is 2.02. The number of methoxy groups -OCH3 is 1. The first-order valence-electron chi connectivity index (χ1n) is 6.54. The summed E-state index contributed by atoms with van der Waals surface area (Å²) in [6.45, 7) is 0.985. The molecule has 1 N–H and O–H groups in total. The molecule has 2 aromatic rings. The average Bonchev–Trinajstić information content (AvgIpc) is 2.49. The lowest BCUT2D eigenvalue weighted by Gasteiger charge is -2.28. The fraction of sp³-hybridized carbons (Fsp3) is 0.250. The van der Waals surface area contributed by atoms with Crippen LogP contribution in [0.1, 0.15) is 22.7 Å². The van der Waals surface area contributed by atoms with Crippen LogP contribution in [-0.2, 0) is 6.42 Å². The van der Waals surface area contributed by atoms with Gasteiger partial charge in [0.2, 0.25) is 0 Å². The van der Waals surface area contributed by atoms with Crippen LogP contribution < -0.4 is 10.1 Å². The normalized spacial score (nSPS) is 17.6. The van der Waals surface area contributed by atoms with Crippen LogP contribution in [0.15, 0.2) is 45.3 Å². The highest BCUT2D eigenvalue weighted by molar-refractivity contribution is 9.13. The molecule has 0 amide bonds. The predicted octanol–water partition coefficient (Wildman–Crippen LogP) is 4.46. The van der Waals surface area contributed by atoms with Crippen LogP contribution in [-0.4, -0.2) is 13.7 Å². The molecule has 104 valence electrons. The summed E-state index contributed by atoms with van der Waals surface area (Å²) in [7, 11) is 1.71. The first kappa shape index (κ1) is 14.1. The van der Waals surface area contributed by atoms with E-state index in [0.29, 0.717) is 0 Å². The molecule has 0 bridgehead atoms. The van der Waals surface area contributed by atoms with Gasteiger partial charge in [-0.1, -0.05) is 12.1 Å². The zero-order valence-electron chi connectivity index (χ0n) is 11.1. The lowest BCUT2D eigenvalue weighted by Crippen LogP contribution is -2.30. The predicted molar refractivity (Wildman–Crippen MR) is 88.4 cm³/mol. The van der Waals surface area contributed by atoms with Crippen molar-refractivity contribution in [2.75, 3.05) is 13.7 Å². The van der Waals surface area contributed by atoms with Crippen LogP contribution in [0.4, 0.5) is 0 Å². The van der Waals surface area contributed by atoms with Crippen molar-refractivity contribution in [3.8, 4) is 5.75 Å². The van der Waals surface area contributed by atoms with Gasteiger partial charge in [0.15, 0.2) is 0 Å². The van der Waals surface area contributed by atoms with E-state index in [1.54, 1.807) is 7.11 Å². The van der Waals surface area contributed by atoms with E-state index in [9.17, 15) is 0 Å². The first-order chi connectivity index (χ1) is 9.69. The Morgan fingerprint density at radius 3 is 2.70 bits per heavy atom. The van der Waals surface area contributed by atoms with Gasteiger partial charge in [-0.2, -0.15) is 0 Å². The quantitative estimate of drug-likeness (QED) is 0.809. The fourth-order valence-corrected chi connectivity index (χ4v) is 3.30. The molecule has 1 aliphatic heterocycles. The van der Waals surface area contributed by atoms with Crippen LogP contribution >= 0.6 is 31.9 Å². The minimum absolute atomic E-state index is 0.244. The van der Waals surface area contributed by atoms with Crippen molar-refractivity contribution >= 4 is 31.9 Å². The van der Waals surface area contributed by atoms with Gasteiger partial charge in [-0.3, -0.25) is 0 Å². The van der Waals surface area contributed by atoms with Gasteiger partial charge in [0.1, 0.15) is 5.75 Å². The standard InChI is InChI=1S/C16H15Br2NO/c1-20-12-3-4-13-10(8-12)6-7-19-16(13)11-2-5-14(17)15(18)9-11/h2-5,8-9,16,19H,6-7H2,1H3. The van der Waals surface area contributed by atoms with E-state index in [4.69, 9.17) is 4.74 Å². The highest BCUT2D eigenvalue weighted by Gasteiger charge is 2.22. The molecule has 0 fully saturated rings. The highest BCUT2D eigenvalue weighted by Crippen LogP contribution is 2.33. The van der Waals surface area contributed by atoms with E-state index in [1.165, 1.54) is 16.7 Å². The molecule has 1 aliphatic rings. The lowest BCUT2D eigenvalue weighted by molar-refractivity contribution is 0.413. The van der Waals surface area contributed by atoms with Crippen molar-refractivity contribution in [3.05, 3.63) is 62.0 Å². The van der Waals surface area contributed by atoms with Gasteiger partial charge in [-0.25, -0.2) is 0 Å². The van der Waals surface area contributed by atoms with Crippen molar-refractivity contribution < 1.29 is 4.74 Å². The fourth-order valence-electron chi connectivity index (χ4n) is 2.66. The second-order valence-corrected chi connectivity index (χ2v) is 6.58. The van der Waals surface area contributed by atoms with Crippen LogP contribution in [0.2, 0.25) is 0 Å². The van der Waals surface area contributed by atoms with Gasteiger partial charge in [0.05, 0.1) is 13.2 Å². The summed E-state index contributed by atoms with van der Waals surface area (Å²) in [6.07, 6.45) is 1.04. The van der Waals surface area contributed by atoms with Crippen molar-refractivity contribution in [2.24, 2.45) is 0 Å². The Bertz CT molecular complexity index is 642. The molecule has 2 nitrogen and oxygen atoms in total. The Morgan fingerprint density at radius 2 is 1.95 bits per heavy atom. The minimum Gasteiger partial charge on any atom is -0.497 e. The third-order valence-corrected chi connectivity index (χ3v) is 5.56. The number of halogens is 2. The maximum atomic E-state index is 5.32. The SMILES string of the molecule is COc1ccc2c(c1)CCNC2c1ccc(Br)c(Br)c1. The van der Waals surface area contributed by atoms with Crippen molar-refractivity contribution in [3.63, 3.8) is 0 Å². The van der Waals surface area contributed by atoms with Crippen molar-refractivity contribution in [1.29, 1.82) is 0 Å². The Kier molecular flexibility index (Phi) is 4.15. The topological polar surface area (TPSA) is 21.3 Å². The third-order valence-electron chi connectivity index (χ3n) is 3.68. The van der Waals surface area contributed by atoms with E-state index >= 15 is 0 Å². The molecule has 0 aromatic heterocycles. The zero-order valence-corrected chi connectivity index (χ0v) is 14.3. The van der Waals surface area contributed by atoms with Gasteiger partial charge in [-0.05, 0) is 79.2 Å². The van der Waals surface area contributed by atoms with Gasteiger partial charge in [0, 0.05) is 15.5 Å². The molecule has 0 saturated carbocycles. The second kappa shape index (κ2) is 5.88. The maximum Gasteiger partial charge on any atom is 0.119 e. The summed E-state index contributed by atoms with van der Waals surface area (Å²) < 4.78 is 7.48. The average molecular weight is 397 g/mol. The van der Waals surface area contributed by atoms with Crippen LogP contribution in [0, 0.1) is 0 Å². The molecule has 1 heterocycles. The molecular weight excluding hydrogens is 382 g/mol. The Hall–Kier alpha value is -0.840. The second-order valence-electron chi connectivity index (χ2n) is 4.88. The summed E-state index contributed by atoms with van der Waals surface area (Å²) in [4.78, 5) is 0. The van der Waals surface area contributed by atoms with Gasteiger partial charge < -0.3 is 10.1 Å². The maximum absolute atomic E-state index is 5.32. The van der Waals surface area contributed by atoms with E-state index in [1.807, 2.05) is 6.07 Å². The molecule has 1 atom stereocenters. The van der Waals surface area contributed by atoms with Crippen LogP contribution in [0.3, 0.4) is 0 Å². The van der Waals surface area contributed by atoms with Crippen LogP contribution in [0.25, 0.3) is 0 Å². The first-order valence-corrected chi connectivity index (χ1v) is 8.13. The number of fused-ring (bicyclic) bond motifs is 1. The Morgan fingerprint density at radius 1 is 1.10 bits per heavy atom. The van der Waals surface area contributed by atoms with Crippen molar-refractivity contribution in [1.82, 2.24) is 5.32 Å². The monoisotopic (exact) mass is 395 g/mol. The molecule has 0 radical (unpaired) electrons. The summed E-state index contributed by atoms with van der Waals surface area (Å²) >= 11 is 7.10. The molecule has 2 aromatic carbocycles. The molecule has 0 aliphatic carbocycles. The summed E-state index contributed by atoms with van der Waals surface area (Å²) in [5, 5.41) is 3.60. The molecule has 0 saturated heterocycles. The molecule has 3 rings (SSSR count). The van der Waals surface area contributed by atoms with Gasteiger partial charge >= 0.3 is 0 Å². The molecule has 20 heavy (non-hydrogen) atoms. The number of nitrogens with one attached hydrogen (secondary N) is 1. The number of ether oxygens (including phenoxy) is 1. The smallest absolute Gasteiger partial charge is 0.119 e. The largest absolute Gasteiger partial charge is 0.497 e. The highest BCUT2D eigenvalue weighted by atomic mass is 79.9. The van der Waals surface area contributed by atoms with E-state index in [2.05, 4.69) is 67.5 Å². The Labute approximate surface area is 135 Å². The third kappa shape index (κ3) is 2.65. The summed E-state index contributed by atoms with van der Waals surface area (Å²) in [6, 6.07) is 13.0. The molecule has 0 spiro atoms. The number of benzene rings is 2. The van der Waals surface area contributed by atoms with Crippen molar-refractivity contribution in [2.45, 2.75) is 12.5 Å². The van der Waals surface area contributed by atoms with E-state index in [0.717, 1.165) is 27.7 Å². The molecule has 4 heteroatoms. The number of hydrogen-bond donors (Lipinski definition) is 1. The summed E-state index contributed by atoms with van der Waals surface area (Å²) in [5.74, 6) is 0.932. The van der Waals surface area contributed by atoms with Gasteiger partial charge in [0.25, 0.3) is 0 Å². The lowest BCUT2D eigenvalue weighted by atomic mass is 9.90. The van der Waals surface area contributed by atoms with E-state index < -0.39 is 0 Å². The van der Waals surface area contributed by atoms with Crippen LogP contribution in [0.5, 0.6) is 5.75 Å². The number of hydrogen-bond acceptors (Lipinski definition) is 2. The zero-order chi connectivity index (χ0) is 14.1. The number of rotatable bonds is 2. The molecule has 1 unspecified atom stereocenters. The molecular formula is C16H15Br2NO. The summed E-state index contributed by atoms with van der Waals surface area (Å²) in [5.41, 5.74) is 3.98. The van der Waals surface area contributed by atoms with Gasteiger partial charge in [-0.15, -0.1) is 0 Å². The van der Waals surface area contributed by atoms with E-state index in [-0.39, 0.29) is 6.04 Å².